The van der Waals surface area contributed by atoms with Crippen LogP contribution in [0.5, 0.6) is 0 Å². The van der Waals surface area contributed by atoms with Crippen LogP contribution in [0.2, 0.25) is 5.02 Å². The van der Waals surface area contributed by atoms with Gasteiger partial charge < -0.3 is 4.52 Å². The van der Waals surface area contributed by atoms with Crippen molar-refractivity contribution in [3.63, 3.8) is 0 Å². The van der Waals surface area contributed by atoms with Crippen molar-refractivity contribution in [3.05, 3.63) is 26.9 Å². The van der Waals surface area contributed by atoms with Crippen molar-refractivity contribution in [1.82, 2.24) is 15.1 Å². The van der Waals surface area contributed by atoms with Crippen LogP contribution < -0.4 is 0 Å². The normalized spacial score (nSPS) is 10.9. The molecule has 0 saturated carbocycles. The Kier molecular flexibility index (Phi) is 2.70. The predicted molar refractivity (Wildman–Crippen MR) is 68.5 cm³/mol. The number of hydrogen-bond donors (Lipinski definition) is 0. The van der Waals surface area contributed by atoms with E-state index in [1.54, 1.807) is 17.4 Å². The van der Waals surface area contributed by atoms with Gasteiger partial charge in [-0.05, 0) is 18.4 Å². The Balaban J connectivity index is 2.01. The van der Waals surface area contributed by atoms with Crippen molar-refractivity contribution < 1.29 is 4.52 Å². The Labute approximate surface area is 110 Å². The molecule has 0 saturated heterocycles. The number of aromatic nitrogens is 3. The number of aryl methyl sites for hydroxylation is 1. The van der Waals surface area contributed by atoms with Crippen LogP contribution in [0.4, 0.5) is 0 Å². The van der Waals surface area contributed by atoms with Crippen LogP contribution >= 0.6 is 34.3 Å². The molecule has 0 aromatic carbocycles. The number of nitrogens with zero attached hydrogens (tertiary/aromatic N) is 3. The average molecular weight is 284 g/mol. The molecule has 17 heavy (non-hydrogen) atoms. The fourth-order valence-corrected chi connectivity index (χ4v) is 2.98. The molecule has 0 radical (unpaired) electrons. The zero-order valence-electron chi connectivity index (χ0n) is 8.68. The Morgan fingerprint density at radius 2 is 2.18 bits per heavy atom. The molecule has 4 nitrogen and oxygen atoms in total. The van der Waals surface area contributed by atoms with E-state index in [0.29, 0.717) is 16.7 Å². The maximum atomic E-state index is 6.00. The molecule has 7 heteroatoms. The van der Waals surface area contributed by atoms with Gasteiger partial charge in [0.15, 0.2) is 0 Å². The molecular formula is C10H6ClN3OS2. The highest BCUT2D eigenvalue weighted by molar-refractivity contribution is 7.14. The zero-order chi connectivity index (χ0) is 11.8. The van der Waals surface area contributed by atoms with E-state index >= 15 is 0 Å². The van der Waals surface area contributed by atoms with Crippen molar-refractivity contribution in [2.24, 2.45) is 0 Å². The van der Waals surface area contributed by atoms with Gasteiger partial charge in [0.1, 0.15) is 10.6 Å². The SMILES string of the molecule is Cc1nc(-c2noc(-c3sccc3Cl)n2)cs1. The Morgan fingerprint density at radius 3 is 2.82 bits per heavy atom. The van der Waals surface area contributed by atoms with E-state index in [9.17, 15) is 0 Å². The third-order valence-electron chi connectivity index (χ3n) is 2.09. The van der Waals surface area contributed by atoms with E-state index in [1.165, 1.54) is 11.3 Å². The number of thiazole rings is 1. The summed E-state index contributed by atoms with van der Waals surface area (Å²) in [6, 6.07) is 1.80. The third kappa shape index (κ3) is 1.99. The lowest BCUT2D eigenvalue weighted by Crippen LogP contribution is -1.80. The first-order chi connectivity index (χ1) is 8.24. The predicted octanol–water partition coefficient (Wildman–Crippen LogP) is 3.88. The van der Waals surface area contributed by atoms with Crippen molar-refractivity contribution in [3.8, 4) is 22.3 Å². The van der Waals surface area contributed by atoms with Crippen LogP contribution in [0.3, 0.4) is 0 Å². The standard InChI is InChI=1S/C10H6ClN3OS2/c1-5-12-7(4-17-5)9-13-10(15-14-9)8-6(11)2-3-16-8/h2-4H,1H3. The summed E-state index contributed by atoms with van der Waals surface area (Å²) in [7, 11) is 0. The molecule has 3 rings (SSSR count). The smallest absolute Gasteiger partial charge is 0.269 e. The van der Waals surface area contributed by atoms with Crippen molar-refractivity contribution in [1.29, 1.82) is 0 Å². The Hall–Kier alpha value is -1.24. The molecule has 0 aliphatic rings. The summed E-state index contributed by atoms with van der Waals surface area (Å²) in [5.74, 6) is 0.930. The lowest BCUT2D eigenvalue weighted by Gasteiger charge is -1.86. The molecule has 0 spiro atoms. The second kappa shape index (κ2) is 4.21. The molecule has 0 bridgehead atoms. The summed E-state index contributed by atoms with van der Waals surface area (Å²) in [4.78, 5) is 9.38. The minimum Gasteiger partial charge on any atom is -0.333 e. The van der Waals surface area contributed by atoms with Gasteiger partial charge in [0.25, 0.3) is 5.89 Å². The van der Waals surface area contributed by atoms with Crippen LogP contribution in [-0.4, -0.2) is 15.1 Å². The largest absolute Gasteiger partial charge is 0.333 e. The first-order valence-electron chi connectivity index (χ1n) is 4.73. The van der Waals surface area contributed by atoms with Crippen LogP contribution in [-0.2, 0) is 0 Å². The third-order valence-corrected chi connectivity index (χ3v) is 4.19. The summed E-state index contributed by atoms with van der Waals surface area (Å²) in [5, 5.41) is 9.29. The summed E-state index contributed by atoms with van der Waals surface area (Å²) in [6.45, 7) is 1.94. The fourth-order valence-electron chi connectivity index (χ4n) is 1.33. The molecule has 0 fully saturated rings. The molecule has 0 amide bonds. The second-order valence-corrected chi connectivity index (χ2v) is 5.66. The minimum atomic E-state index is 0.436. The zero-order valence-corrected chi connectivity index (χ0v) is 11.1. The highest BCUT2D eigenvalue weighted by atomic mass is 35.5. The van der Waals surface area contributed by atoms with Gasteiger partial charge in [-0.15, -0.1) is 22.7 Å². The van der Waals surface area contributed by atoms with Gasteiger partial charge >= 0.3 is 0 Å². The fraction of sp³-hybridized carbons (Fsp3) is 0.100. The monoisotopic (exact) mass is 283 g/mol. The van der Waals surface area contributed by atoms with E-state index < -0.39 is 0 Å². The summed E-state index contributed by atoms with van der Waals surface area (Å²) in [6.07, 6.45) is 0. The van der Waals surface area contributed by atoms with E-state index in [-0.39, 0.29) is 0 Å². The first kappa shape index (κ1) is 10.9. The van der Waals surface area contributed by atoms with Gasteiger partial charge in [-0.1, -0.05) is 16.8 Å². The lowest BCUT2D eigenvalue weighted by atomic mass is 10.4. The van der Waals surface area contributed by atoms with Gasteiger partial charge in [-0.3, -0.25) is 0 Å². The van der Waals surface area contributed by atoms with Crippen LogP contribution in [0.15, 0.2) is 21.3 Å². The number of thiophene rings is 1. The molecule has 3 aromatic heterocycles. The van der Waals surface area contributed by atoms with Crippen LogP contribution in [0, 0.1) is 6.92 Å². The number of rotatable bonds is 2. The highest BCUT2D eigenvalue weighted by Crippen LogP contribution is 2.33. The van der Waals surface area contributed by atoms with Crippen molar-refractivity contribution in [2.75, 3.05) is 0 Å². The first-order valence-corrected chi connectivity index (χ1v) is 6.87. The average Bonchev–Trinajstić information content (AvgIpc) is 2.97. The van der Waals surface area contributed by atoms with Crippen LogP contribution in [0.25, 0.3) is 22.3 Å². The van der Waals surface area contributed by atoms with Gasteiger partial charge in [0.05, 0.1) is 10.0 Å². The molecule has 0 atom stereocenters. The van der Waals surface area contributed by atoms with Crippen molar-refractivity contribution in [2.45, 2.75) is 6.92 Å². The van der Waals surface area contributed by atoms with Gasteiger partial charge in [-0.2, -0.15) is 4.98 Å². The maximum absolute atomic E-state index is 6.00. The summed E-state index contributed by atoms with van der Waals surface area (Å²) in [5.41, 5.74) is 0.732. The minimum absolute atomic E-state index is 0.436. The Morgan fingerprint density at radius 1 is 1.29 bits per heavy atom. The van der Waals surface area contributed by atoms with Gasteiger partial charge in [0.2, 0.25) is 5.82 Å². The molecule has 3 aromatic rings. The number of halogens is 1. The Bertz CT molecular complexity index is 658. The molecule has 0 unspecified atom stereocenters. The summed E-state index contributed by atoms with van der Waals surface area (Å²) >= 11 is 9.03. The topological polar surface area (TPSA) is 51.8 Å². The molecule has 0 N–H and O–H groups in total. The maximum Gasteiger partial charge on any atom is 0.269 e. The van der Waals surface area contributed by atoms with E-state index in [2.05, 4.69) is 15.1 Å². The van der Waals surface area contributed by atoms with Gasteiger partial charge in [-0.25, -0.2) is 4.98 Å². The van der Waals surface area contributed by atoms with E-state index in [4.69, 9.17) is 16.1 Å². The molecule has 86 valence electrons. The van der Waals surface area contributed by atoms with E-state index in [1.807, 2.05) is 17.7 Å². The molecule has 0 aliphatic carbocycles. The highest BCUT2D eigenvalue weighted by Gasteiger charge is 2.15. The van der Waals surface area contributed by atoms with Crippen molar-refractivity contribution >= 4 is 34.3 Å². The number of hydrogen-bond acceptors (Lipinski definition) is 6. The molecule has 0 aliphatic heterocycles. The molecular weight excluding hydrogens is 278 g/mol. The summed E-state index contributed by atoms with van der Waals surface area (Å²) < 4.78 is 5.18. The quantitative estimate of drug-likeness (QED) is 0.716. The second-order valence-electron chi connectivity index (χ2n) is 3.27. The van der Waals surface area contributed by atoms with E-state index in [0.717, 1.165) is 15.6 Å². The lowest BCUT2D eigenvalue weighted by molar-refractivity contribution is 0.433. The van der Waals surface area contributed by atoms with Gasteiger partial charge in [0, 0.05) is 5.38 Å². The van der Waals surface area contributed by atoms with Crippen LogP contribution in [0.1, 0.15) is 5.01 Å². The molecule has 3 heterocycles.